The smallest absolute Gasteiger partial charge is 0.190 e. The van der Waals surface area contributed by atoms with Crippen LogP contribution in [-0.2, 0) is 6.42 Å². The zero-order valence-electron chi connectivity index (χ0n) is 14.8. The van der Waals surface area contributed by atoms with Gasteiger partial charge in [-0.1, -0.05) is 18.9 Å². The van der Waals surface area contributed by atoms with Crippen LogP contribution in [0.2, 0.25) is 0 Å². The molecule has 2 N–H and O–H groups in total. The molecule has 1 fully saturated rings. The first-order valence-corrected chi connectivity index (χ1v) is 8.95. The van der Waals surface area contributed by atoms with Crippen molar-refractivity contribution in [3.05, 3.63) is 30.1 Å². The number of hydrogen-bond acceptors (Lipinski definition) is 3. The minimum absolute atomic E-state index is 0. The maximum atomic E-state index is 4.33. The maximum absolute atomic E-state index is 4.33. The fourth-order valence-corrected chi connectivity index (χ4v) is 2.94. The number of nitrogens with zero attached hydrogens (tertiary/aromatic N) is 3. The molecule has 0 aliphatic carbocycles. The first-order chi connectivity index (χ1) is 11.4. The molecular formula is C18H32IN5. The van der Waals surface area contributed by atoms with Crippen molar-refractivity contribution < 1.29 is 0 Å². The number of halogens is 1. The maximum Gasteiger partial charge on any atom is 0.190 e. The molecule has 2 rings (SSSR count). The van der Waals surface area contributed by atoms with E-state index in [1.807, 2.05) is 25.4 Å². The number of hydrogen-bond donors (Lipinski definition) is 2. The molecule has 0 atom stereocenters. The fraction of sp³-hybridized carbons (Fsp3) is 0.667. The SMILES string of the molecule is CN=C(NCCCN1CCCCCC1)NCCc1ccccn1.I. The second-order valence-corrected chi connectivity index (χ2v) is 6.11. The first kappa shape index (κ1) is 21.2. The fourth-order valence-electron chi connectivity index (χ4n) is 2.94. The molecule has 5 nitrogen and oxygen atoms in total. The summed E-state index contributed by atoms with van der Waals surface area (Å²) in [5.41, 5.74) is 1.11. The molecule has 0 unspecified atom stereocenters. The lowest BCUT2D eigenvalue weighted by molar-refractivity contribution is 0.282. The van der Waals surface area contributed by atoms with Gasteiger partial charge in [-0.15, -0.1) is 24.0 Å². The van der Waals surface area contributed by atoms with E-state index in [1.165, 1.54) is 51.7 Å². The molecule has 136 valence electrons. The van der Waals surface area contributed by atoms with E-state index in [2.05, 4.69) is 31.6 Å². The van der Waals surface area contributed by atoms with Crippen LogP contribution >= 0.6 is 24.0 Å². The van der Waals surface area contributed by atoms with Crippen molar-refractivity contribution in [2.75, 3.05) is 39.8 Å². The van der Waals surface area contributed by atoms with Crippen LogP contribution in [0.1, 0.15) is 37.8 Å². The van der Waals surface area contributed by atoms with Crippen molar-refractivity contribution in [1.82, 2.24) is 20.5 Å². The third-order valence-electron chi connectivity index (χ3n) is 4.27. The Hall–Kier alpha value is -0.890. The molecule has 0 aromatic carbocycles. The molecule has 6 heteroatoms. The zero-order chi connectivity index (χ0) is 16.2. The van der Waals surface area contributed by atoms with Crippen molar-refractivity contribution >= 4 is 29.9 Å². The second kappa shape index (κ2) is 13.4. The minimum Gasteiger partial charge on any atom is -0.356 e. The largest absolute Gasteiger partial charge is 0.356 e. The molecule has 0 bridgehead atoms. The van der Waals surface area contributed by atoms with Gasteiger partial charge in [0.1, 0.15) is 0 Å². The van der Waals surface area contributed by atoms with E-state index in [0.29, 0.717) is 0 Å². The van der Waals surface area contributed by atoms with Gasteiger partial charge in [0, 0.05) is 38.4 Å². The minimum atomic E-state index is 0. The molecule has 24 heavy (non-hydrogen) atoms. The van der Waals surface area contributed by atoms with Gasteiger partial charge in [0.2, 0.25) is 0 Å². The van der Waals surface area contributed by atoms with Crippen molar-refractivity contribution in [2.24, 2.45) is 4.99 Å². The molecule has 1 aliphatic rings. The summed E-state index contributed by atoms with van der Waals surface area (Å²) in [6.07, 6.45) is 9.46. The van der Waals surface area contributed by atoms with Crippen molar-refractivity contribution in [3.63, 3.8) is 0 Å². The van der Waals surface area contributed by atoms with Gasteiger partial charge >= 0.3 is 0 Å². The Kier molecular flexibility index (Phi) is 11.8. The summed E-state index contributed by atoms with van der Waals surface area (Å²) >= 11 is 0. The summed E-state index contributed by atoms with van der Waals surface area (Å²) in [6.45, 7) is 5.56. The normalized spacial score (nSPS) is 16.1. The predicted octanol–water partition coefficient (Wildman–Crippen LogP) is 2.67. The topological polar surface area (TPSA) is 52.6 Å². The van der Waals surface area contributed by atoms with Crippen LogP contribution in [0.5, 0.6) is 0 Å². The Bertz CT molecular complexity index is 444. The molecule has 1 saturated heterocycles. The van der Waals surface area contributed by atoms with E-state index in [9.17, 15) is 0 Å². The van der Waals surface area contributed by atoms with Gasteiger partial charge < -0.3 is 15.5 Å². The van der Waals surface area contributed by atoms with E-state index in [1.54, 1.807) is 0 Å². The average molecular weight is 445 g/mol. The lowest BCUT2D eigenvalue weighted by Gasteiger charge is -2.20. The van der Waals surface area contributed by atoms with Crippen molar-refractivity contribution in [3.8, 4) is 0 Å². The van der Waals surface area contributed by atoms with Crippen LogP contribution < -0.4 is 10.6 Å². The van der Waals surface area contributed by atoms with Gasteiger partial charge in [0.25, 0.3) is 0 Å². The van der Waals surface area contributed by atoms with Gasteiger partial charge in [0.15, 0.2) is 5.96 Å². The number of guanidine groups is 1. The summed E-state index contributed by atoms with van der Waals surface area (Å²) in [5, 5.41) is 6.75. The Morgan fingerprint density at radius 2 is 1.88 bits per heavy atom. The highest BCUT2D eigenvalue weighted by atomic mass is 127. The van der Waals surface area contributed by atoms with Crippen LogP contribution in [0, 0.1) is 0 Å². The van der Waals surface area contributed by atoms with Gasteiger partial charge in [-0.3, -0.25) is 9.98 Å². The number of nitrogens with one attached hydrogen (secondary N) is 2. The monoisotopic (exact) mass is 445 g/mol. The molecular weight excluding hydrogens is 413 g/mol. The Morgan fingerprint density at radius 3 is 2.54 bits per heavy atom. The summed E-state index contributed by atoms with van der Waals surface area (Å²) in [6, 6.07) is 6.03. The predicted molar refractivity (Wildman–Crippen MR) is 112 cm³/mol. The van der Waals surface area contributed by atoms with Crippen LogP contribution in [0.15, 0.2) is 29.4 Å². The number of aliphatic imine (C=N–C) groups is 1. The van der Waals surface area contributed by atoms with E-state index < -0.39 is 0 Å². The number of rotatable bonds is 7. The molecule has 0 amide bonds. The molecule has 0 spiro atoms. The summed E-state index contributed by atoms with van der Waals surface area (Å²) in [7, 11) is 1.82. The van der Waals surface area contributed by atoms with E-state index in [4.69, 9.17) is 0 Å². The van der Waals surface area contributed by atoms with E-state index in [-0.39, 0.29) is 24.0 Å². The van der Waals surface area contributed by atoms with E-state index in [0.717, 1.165) is 31.2 Å². The number of aromatic nitrogens is 1. The molecule has 0 radical (unpaired) electrons. The quantitative estimate of drug-likeness (QED) is 0.293. The molecule has 1 aromatic heterocycles. The third kappa shape index (κ3) is 8.82. The van der Waals surface area contributed by atoms with Crippen molar-refractivity contribution in [1.29, 1.82) is 0 Å². The Labute approximate surface area is 163 Å². The second-order valence-electron chi connectivity index (χ2n) is 6.11. The van der Waals surface area contributed by atoms with Crippen molar-refractivity contribution in [2.45, 2.75) is 38.5 Å². The molecule has 1 aliphatic heterocycles. The summed E-state index contributed by atoms with van der Waals surface area (Å²) in [4.78, 5) is 11.2. The number of pyridine rings is 1. The lowest BCUT2D eigenvalue weighted by Crippen LogP contribution is -2.39. The molecule has 1 aromatic rings. The first-order valence-electron chi connectivity index (χ1n) is 8.95. The number of likely N-dealkylation sites (tertiary alicyclic amines) is 1. The highest BCUT2D eigenvalue weighted by Crippen LogP contribution is 2.09. The molecule has 0 saturated carbocycles. The van der Waals surface area contributed by atoms with Gasteiger partial charge in [0.05, 0.1) is 0 Å². The summed E-state index contributed by atoms with van der Waals surface area (Å²) in [5.74, 6) is 0.886. The van der Waals surface area contributed by atoms with Gasteiger partial charge in [-0.2, -0.15) is 0 Å². The Morgan fingerprint density at radius 1 is 1.12 bits per heavy atom. The highest BCUT2D eigenvalue weighted by molar-refractivity contribution is 14.0. The van der Waals surface area contributed by atoms with Gasteiger partial charge in [-0.05, 0) is 51.0 Å². The lowest BCUT2D eigenvalue weighted by atomic mass is 10.2. The Balaban J connectivity index is 0.00000288. The van der Waals surface area contributed by atoms with Crippen LogP contribution in [0.4, 0.5) is 0 Å². The highest BCUT2D eigenvalue weighted by Gasteiger charge is 2.08. The molecule has 2 heterocycles. The van der Waals surface area contributed by atoms with Crippen LogP contribution in [0.25, 0.3) is 0 Å². The third-order valence-corrected chi connectivity index (χ3v) is 4.27. The summed E-state index contributed by atoms with van der Waals surface area (Å²) < 4.78 is 0. The van der Waals surface area contributed by atoms with Gasteiger partial charge in [-0.25, -0.2) is 0 Å². The standard InChI is InChI=1S/C18H31N5.HI/c1-19-18(22-13-10-17-9-4-5-11-20-17)21-12-8-16-23-14-6-2-3-7-15-23;/h4-5,9,11H,2-3,6-8,10,12-16H2,1H3,(H2,19,21,22);1H. The van der Waals surface area contributed by atoms with Crippen LogP contribution in [-0.4, -0.2) is 55.6 Å². The zero-order valence-corrected chi connectivity index (χ0v) is 17.2. The van der Waals surface area contributed by atoms with E-state index >= 15 is 0 Å². The average Bonchev–Trinajstić information content (AvgIpc) is 2.87. The van der Waals surface area contributed by atoms with Crippen LogP contribution in [0.3, 0.4) is 0 Å².